The highest BCUT2D eigenvalue weighted by Crippen LogP contribution is 2.21. The van der Waals surface area contributed by atoms with E-state index in [1.165, 1.54) is 17.7 Å². The molecular formula is C22H25Cl2N3O2. The molecule has 0 saturated heterocycles. The first-order valence-electron chi connectivity index (χ1n) is 9.37. The third-order valence-corrected chi connectivity index (χ3v) is 4.95. The molecule has 154 valence electrons. The Morgan fingerprint density at radius 3 is 2.21 bits per heavy atom. The van der Waals surface area contributed by atoms with E-state index >= 15 is 0 Å². The fourth-order valence-corrected chi connectivity index (χ4v) is 3.13. The Labute approximate surface area is 181 Å². The molecule has 0 aromatic heterocycles. The molecule has 7 heteroatoms. The SMILES string of the molecule is CC(C)c1ccc(C=NNC(=O)C(NC(=O)c2ccc(Cl)cc2Cl)C(C)C)cc1. The molecule has 0 saturated carbocycles. The van der Waals surface area contributed by atoms with Gasteiger partial charge in [-0.15, -0.1) is 0 Å². The highest BCUT2D eigenvalue weighted by Gasteiger charge is 2.25. The van der Waals surface area contributed by atoms with E-state index < -0.39 is 17.9 Å². The lowest BCUT2D eigenvalue weighted by Gasteiger charge is -2.20. The summed E-state index contributed by atoms with van der Waals surface area (Å²) >= 11 is 11.9. The minimum atomic E-state index is -0.769. The second kappa shape index (κ2) is 10.4. The number of benzene rings is 2. The van der Waals surface area contributed by atoms with Crippen molar-refractivity contribution in [3.05, 3.63) is 69.2 Å². The second-order valence-corrected chi connectivity index (χ2v) is 8.22. The lowest BCUT2D eigenvalue weighted by atomic mass is 10.0. The molecule has 2 rings (SSSR count). The van der Waals surface area contributed by atoms with Gasteiger partial charge in [0.1, 0.15) is 6.04 Å². The molecule has 29 heavy (non-hydrogen) atoms. The first kappa shape index (κ1) is 22.9. The molecule has 1 unspecified atom stereocenters. The zero-order valence-electron chi connectivity index (χ0n) is 16.9. The molecule has 0 fully saturated rings. The zero-order chi connectivity index (χ0) is 21.6. The molecule has 5 nitrogen and oxygen atoms in total. The van der Waals surface area contributed by atoms with Crippen LogP contribution < -0.4 is 10.7 Å². The number of nitrogens with zero attached hydrogens (tertiary/aromatic N) is 1. The molecule has 0 spiro atoms. The fraction of sp³-hybridized carbons (Fsp3) is 0.318. The summed E-state index contributed by atoms with van der Waals surface area (Å²) < 4.78 is 0. The lowest BCUT2D eigenvalue weighted by molar-refractivity contribution is -0.123. The molecule has 0 bridgehead atoms. The third kappa shape index (κ3) is 6.58. The van der Waals surface area contributed by atoms with Crippen molar-refractivity contribution in [3.63, 3.8) is 0 Å². The standard InChI is InChI=1S/C22H25Cl2N3O2/c1-13(2)16-7-5-15(6-8-16)12-25-27-22(29)20(14(3)4)26-21(28)18-10-9-17(23)11-19(18)24/h5-14,20H,1-4H3,(H,26,28)(H,27,29). The van der Waals surface area contributed by atoms with Crippen LogP contribution in [0.2, 0.25) is 10.0 Å². The van der Waals surface area contributed by atoms with Crippen LogP contribution in [0.15, 0.2) is 47.6 Å². The fourth-order valence-electron chi connectivity index (χ4n) is 2.63. The minimum Gasteiger partial charge on any atom is -0.340 e. The van der Waals surface area contributed by atoms with Gasteiger partial charge < -0.3 is 5.32 Å². The van der Waals surface area contributed by atoms with Gasteiger partial charge in [0.25, 0.3) is 11.8 Å². The molecule has 2 amide bonds. The largest absolute Gasteiger partial charge is 0.340 e. The average Bonchev–Trinajstić information content (AvgIpc) is 2.65. The summed E-state index contributed by atoms with van der Waals surface area (Å²) in [5, 5.41) is 7.37. The van der Waals surface area contributed by atoms with Crippen molar-refractivity contribution in [2.24, 2.45) is 11.0 Å². The molecule has 0 radical (unpaired) electrons. The van der Waals surface area contributed by atoms with Crippen LogP contribution in [-0.4, -0.2) is 24.1 Å². The van der Waals surface area contributed by atoms with Crippen molar-refractivity contribution < 1.29 is 9.59 Å². The van der Waals surface area contributed by atoms with Gasteiger partial charge in [0, 0.05) is 5.02 Å². The number of hydrazone groups is 1. The highest BCUT2D eigenvalue weighted by atomic mass is 35.5. The van der Waals surface area contributed by atoms with E-state index in [2.05, 4.69) is 29.7 Å². The number of halogens is 2. The van der Waals surface area contributed by atoms with Gasteiger partial charge in [-0.25, -0.2) is 5.43 Å². The van der Waals surface area contributed by atoms with Gasteiger partial charge in [-0.05, 0) is 41.2 Å². The Bertz CT molecular complexity index is 893. The number of amides is 2. The first-order chi connectivity index (χ1) is 13.7. The van der Waals surface area contributed by atoms with Crippen molar-refractivity contribution in [3.8, 4) is 0 Å². The molecule has 2 N–H and O–H groups in total. The molecule has 2 aromatic rings. The lowest BCUT2D eigenvalue weighted by Crippen LogP contribution is -2.48. The highest BCUT2D eigenvalue weighted by molar-refractivity contribution is 6.36. The van der Waals surface area contributed by atoms with Crippen LogP contribution in [0.1, 0.15) is 55.1 Å². The normalized spacial score (nSPS) is 12.4. The summed E-state index contributed by atoms with van der Waals surface area (Å²) in [6.07, 6.45) is 1.57. The molecule has 2 aromatic carbocycles. The molecule has 0 aliphatic carbocycles. The van der Waals surface area contributed by atoms with Crippen LogP contribution in [0, 0.1) is 5.92 Å². The quantitative estimate of drug-likeness (QED) is 0.475. The van der Waals surface area contributed by atoms with Crippen LogP contribution in [0.5, 0.6) is 0 Å². The van der Waals surface area contributed by atoms with Gasteiger partial charge in [0.15, 0.2) is 0 Å². The number of hydrogen-bond acceptors (Lipinski definition) is 3. The van der Waals surface area contributed by atoms with E-state index in [4.69, 9.17) is 23.2 Å². The predicted octanol–water partition coefficient (Wildman–Crippen LogP) is 5.02. The summed E-state index contributed by atoms with van der Waals surface area (Å²) in [6.45, 7) is 7.92. The van der Waals surface area contributed by atoms with Crippen LogP contribution in [0.4, 0.5) is 0 Å². The smallest absolute Gasteiger partial charge is 0.262 e. The van der Waals surface area contributed by atoms with Gasteiger partial charge in [-0.2, -0.15) is 5.10 Å². The van der Waals surface area contributed by atoms with Crippen molar-refractivity contribution in [1.29, 1.82) is 0 Å². The van der Waals surface area contributed by atoms with E-state index in [0.717, 1.165) is 5.56 Å². The van der Waals surface area contributed by atoms with Gasteiger partial charge >= 0.3 is 0 Å². The monoisotopic (exact) mass is 433 g/mol. The summed E-state index contributed by atoms with van der Waals surface area (Å²) in [6, 6.07) is 11.7. The summed E-state index contributed by atoms with van der Waals surface area (Å²) in [4.78, 5) is 25.1. The molecule has 1 atom stereocenters. The number of nitrogens with one attached hydrogen (secondary N) is 2. The van der Waals surface area contributed by atoms with Gasteiger partial charge in [-0.3, -0.25) is 9.59 Å². The Hall–Kier alpha value is -2.37. The Morgan fingerprint density at radius 1 is 1.00 bits per heavy atom. The van der Waals surface area contributed by atoms with Crippen molar-refractivity contribution in [2.45, 2.75) is 39.7 Å². The Kier molecular flexibility index (Phi) is 8.23. The van der Waals surface area contributed by atoms with Crippen molar-refractivity contribution in [1.82, 2.24) is 10.7 Å². The molecular weight excluding hydrogens is 409 g/mol. The van der Waals surface area contributed by atoms with E-state index in [9.17, 15) is 9.59 Å². The van der Waals surface area contributed by atoms with E-state index in [1.807, 2.05) is 38.1 Å². The van der Waals surface area contributed by atoms with Gasteiger partial charge in [0.2, 0.25) is 0 Å². The Balaban J connectivity index is 2.02. The molecule has 0 heterocycles. The maximum Gasteiger partial charge on any atom is 0.262 e. The van der Waals surface area contributed by atoms with Crippen LogP contribution >= 0.6 is 23.2 Å². The Morgan fingerprint density at radius 2 is 1.66 bits per heavy atom. The maximum absolute atomic E-state index is 12.5. The number of rotatable bonds is 7. The maximum atomic E-state index is 12.5. The summed E-state index contributed by atoms with van der Waals surface area (Å²) in [7, 11) is 0. The molecule has 0 aliphatic heterocycles. The minimum absolute atomic E-state index is 0.148. The number of carbonyl (C=O) groups is 2. The van der Waals surface area contributed by atoms with Crippen molar-refractivity contribution >= 4 is 41.2 Å². The van der Waals surface area contributed by atoms with Crippen LogP contribution in [0.25, 0.3) is 0 Å². The predicted molar refractivity (Wildman–Crippen MR) is 119 cm³/mol. The topological polar surface area (TPSA) is 70.6 Å². The zero-order valence-corrected chi connectivity index (χ0v) is 18.4. The van der Waals surface area contributed by atoms with Crippen molar-refractivity contribution in [2.75, 3.05) is 0 Å². The van der Waals surface area contributed by atoms with E-state index in [-0.39, 0.29) is 16.5 Å². The summed E-state index contributed by atoms with van der Waals surface area (Å²) in [5.41, 5.74) is 4.84. The van der Waals surface area contributed by atoms with Gasteiger partial charge in [-0.1, -0.05) is 75.2 Å². The van der Waals surface area contributed by atoms with Crippen LogP contribution in [0.3, 0.4) is 0 Å². The van der Waals surface area contributed by atoms with Gasteiger partial charge in [0.05, 0.1) is 16.8 Å². The molecule has 0 aliphatic rings. The number of hydrogen-bond donors (Lipinski definition) is 2. The van der Waals surface area contributed by atoms with E-state index in [1.54, 1.807) is 12.3 Å². The number of carbonyl (C=O) groups excluding carboxylic acids is 2. The third-order valence-electron chi connectivity index (χ3n) is 4.40. The van der Waals surface area contributed by atoms with E-state index in [0.29, 0.717) is 10.9 Å². The van der Waals surface area contributed by atoms with Crippen LogP contribution in [-0.2, 0) is 4.79 Å². The average molecular weight is 434 g/mol. The summed E-state index contributed by atoms with van der Waals surface area (Å²) in [5.74, 6) is -0.557. The second-order valence-electron chi connectivity index (χ2n) is 7.37. The first-order valence-corrected chi connectivity index (χ1v) is 10.1.